The summed E-state index contributed by atoms with van der Waals surface area (Å²) in [5.41, 5.74) is 1.51. The first-order valence-electron chi connectivity index (χ1n) is 5.31. The van der Waals surface area contributed by atoms with Gasteiger partial charge < -0.3 is 5.32 Å². The zero-order chi connectivity index (χ0) is 9.60. The largest absolute Gasteiger partial charge is 0.309 e. The van der Waals surface area contributed by atoms with Crippen LogP contribution in [0.15, 0.2) is 29.2 Å². The Balaban J connectivity index is 2.07. The van der Waals surface area contributed by atoms with Gasteiger partial charge >= 0.3 is 0 Å². The van der Waals surface area contributed by atoms with Gasteiger partial charge in [-0.2, -0.15) is 0 Å². The van der Waals surface area contributed by atoms with Gasteiger partial charge in [0.2, 0.25) is 0 Å². The van der Waals surface area contributed by atoms with Crippen LogP contribution in [0.5, 0.6) is 0 Å². The molecule has 2 atom stereocenters. The molecular formula is C12H15NS. The number of hydrogen-bond acceptors (Lipinski definition) is 2. The van der Waals surface area contributed by atoms with Crippen LogP contribution in [0.2, 0.25) is 0 Å². The molecule has 0 aromatic heterocycles. The van der Waals surface area contributed by atoms with Crippen molar-refractivity contribution in [1.29, 1.82) is 0 Å². The van der Waals surface area contributed by atoms with E-state index in [0.29, 0.717) is 10.8 Å². The molecule has 0 aliphatic carbocycles. The third kappa shape index (κ3) is 1.14. The van der Waals surface area contributed by atoms with Crippen molar-refractivity contribution < 1.29 is 0 Å². The molecule has 2 heteroatoms. The monoisotopic (exact) mass is 205 g/mol. The van der Waals surface area contributed by atoms with Gasteiger partial charge in [-0.15, -0.1) is 11.8 Å². The molecule has 14 heavy (non-hydrogen) atoms. The van der Waals surface area contributed by atoms with Crippen molar-refractivity contribution in [2.24, 2.45) is 0 Å². The van der Waals surface area contributed by atoms with Gasteiger partial charge in [0.1, 0.15) is 0 Å². The molecule has 3 rings (SSSR count). The molecule has 74 valence electrons. The fourth-order valence-corrected chi connectivity index (χ4v) is 4.19. The Hall–Kier alpha value is -0.470. The van der Waals surface area contributed by atoms with Gasteiger partial charge in [0.25, 0.3) is 0 Å². The lowest BCUT2D eigenvalue weighted by Gasteiger charge is -2.36. The molecule has 1 saturated heterocycles. The molecule has 2 heterocycles. The summed E-state index contributed by atoms with van der Waals surface area (Å²) in [5, 5.41) is 3.66. The van der Waals surface area contributed by atoms with E-state index in [-0.39, 0.29) is 0 Å². The average Bonchev–Trinajstić information content (AvgIpc) is 2.49. The van der Waals surface area contributed by atoms with Gasteiger partial charge in [-0.25, -0.2) is 0 Å². The third-order valence-electron chi connectivity index (χ3n) is 3.38. The number of benzene rings is 1. The topological polar surface area (TPSA) is 12.0 Å². The maximum atomic E-state index is 3.66. The summed E-state index contributed by atoms with van der Waals surface area (Å²) in [6.45, 7) is 3.57. The van der Waals surface area contributed by atoms with E-state index in [4.69, 9.17) is 0 Å². The van der Waals surface area contributed by atoms with Crippen LogP contribution in [0.1, 0.15) is 31.4 Å². The summed E-state index contributed by atoms with van der Waals surface area (Å²) >= 11 is 2.06. The summed E-state index contributed by atoms with van der Waals surface area (Å²) in [6.07, 6.45) is 2.65. The highest BCUT2D eigenvalue weighted by atomic mass is 32.2. The molecule has 1 aromatic rings. The molecule has 1 nitrogen and oxygen atoms in total. The molecule has 0 unspecified atom stereocenters. The normalized spacial score (nSPS) is 35.1. The Labute approximate surface area is 89.3 Å². The lowest BCUT2D eigenvalue weighted by atomic mass is 9.87. The van der Waals surface area contributed by atoms with Crippen LogP contribution >= 0.6 is 11.8 Å². The summed E-state index contributed by atoms with van der Waals surface area (Å²) in [7, 11) is 0. The number of piperidine rings is 1. The standard InChI is InChI=1S/C12H15NS/c1-12-7-4-8-13-11(12)9-5-2-3-6-10(9)14-12/h2-3,5-6,11,13H,4,7-8H2,1H3/t11-,12-/m0/s1. The number of nitrogens with one attached hydrogen (secondary N) is 1. The summed E-state index contributed by atoms with van der Waals surface area (Å²) in [5.74, 6) is 0. The molecule has 0 spiro atoms. The third-order valence-corrected chi connectivity index (χ3v) is 4.88. The first-order chi connectivity index (χ1) is 6.80. The van der Waals surface area contributed by atoms with E-state index < -0.39 is 0 Å². The Morgan fingerprint density at radius 2 is 2.29 bits per heavy atom. The van der Waals surface area contributed by atoms with Crippen LogP contribution in [-0.4, -0.2) is 11.3 Å². The van der Waals surface area contributed by atoms with Gasteiger partial charge in [-0.05, 0) is 37.9 Å². The molecular weight excluding hydrogens is 190 g/mol. The predicted molar refractivity (Wildman–Crippen MR) is 60.7 cm³/mol. The van der Waals surface area contributed by atoms with Crippen LogP contribution in [0, 0.1) is 0 Å². The Kier molecular flexibility index (Phi) is 1.89. The van der Waals surface area contributed by atoms with Gasteiger partial charge in [-0.3, -0.25) is 0 Å². The minimum Gasteiger partial charge on any atom is -0.309 e. The zero-order valence-corrected chi connectivity index (χ0v) is 9.23. The lowest BCUT2D eigenvalue weighted by Crippen LogP contribution is -2.41. The van der Waals surface area contributed by atoms with Crippen molar-refractivity contribution >= 4 is 11.8 Å². The minimum absolute atomic E-state index is 0.405. The fourth-order valence-electron chi connectivity index (χ4n) is 2.66. The van der Waals surface area contributed by atoms with Crippen LogP contribution < -0.4 is 5.32 Å². The molecule has 1 N–H and O–H groups in total. The molecule has 0 bridgehead atoms. The number of fused-ring (bicyclic) bond motifs is 3. The second-order valence-electron chi connectivity index (χ2n) is 4.44. The van der Waals surface area contributed by atoms with E-state index in [2.05, 4.69) is 48.3 Å². The number of rotatable bonds is 0. The molecule has 2 aliphatic rings. The second kappa shape index (κ2) is 3.01. The van der Waals surface area contributed by atoms with Gasteiger partial charge in [-0.1, -0.05) is 18.2 Å². The molecule has 1 fully saturated rings. The highest BCUT2D eigenvalue weighted by molar-refractivity contribution is 8.01. The molecule has 1 aromatic carbocycles. The van der Waals surface area contributed by atoms with Crippen LogP contribution in [0.25, 0.3) is 0 Å². The SMILES string of the molecule is C[C@]12CCCN[C@H]1c1ccccc1S2. The number of thioether (sulfide) groups is 1. The quantitative estimate of drug-likeness (QED) is 0.699. The van der Waals surface area contributed by atoms with Crippen molar-refractivity contribution in [3.63, 3.8) is 0 Å². The predicted octanol–water partition coefficient (Wildman–Crippen LogP) is 2.98. The second-order valence-corrected chi connectivity index (χ2v) is 6.02. The maximum absolute atomic E-state index is 3.66. The van der Waals surface area contributed by atoms with E-state index >= 15 is 0 Å². The minimum atomic E-state index is 0.405. The van der Waals surface area contributed by atoms with E-state index in [0.717, 1.165) is 0 Å². The summed E-state index contributed by atoms with van der Waals surface area (Å²) in [6, 6.07) is 9.41. The Bertz CT molecular complexity index is 363. The van der Waals surface area contributed by atoms with E-state index in [9.17, 15) is 0 Å². The van der Waals surface area contributed by atoms with Crippen molar-refractivity contribution in [3.05, 3.63) is 29.8 Å². The van der Waals surface area contributed by atoms with Crippen molar-refractivity contribution in [1.82, 2.24) is 5.32 Å². The van der Waals surface area contributed by atoms with Gasteiger partial charge in [0.05, 0.1) is 0 Å². The van der Waals surface area contributed by atoms with Gasteiger partial charge in [0, 0.05) is 15.7 Å². The molecule has 0 amide bonds. The highest BCUT2D eigenvalue weighted by Crippen LogP contribution is 2.55. The first kappa shape index (κ1) is 8.81. The Morgan fingerprint density at radius 3 is 3.21 bits per heavy atom. The van der Waals surface area contributed by atoms with Crippen molar-refractivity contribution in [2.75, 3.05) is 6.54 Å². The van der Waals surface area contributed by atoms with E-state index in [1.807, 2.05) is 0 Å². The van der Waals surface area contributed by atoms with E-state index in [1.165, 1.54) is 29.8 Å². The van der Waals surface area contributed by atoms with Crippen molar-refractivity contribution in [3.8, 4) is 0 Å². The van der Waals surface area contributed by atoms with E-state index in [1.54, 1.807) is 0 Å². The average molecular weight is 205 g/mol. The zero-order valence-electron chi connectivity index (χ0n) is 8.42. The summed E-state index contributed by atoms with van der Waals surface area (Å²) < 4.78 is 0.405. The Morgan fingerprint density at radius 1 is 1.43 bits per heavy atom. The van der Waals surface area contributed by atoms with Crippen LogP contribution in [-0.2, 0) is 0 Å². The maximum Gasteiger partial charge on any atom is 0.0481 e. The fraction of sp³-hybridized carbons (Fsp3) is 0.500. The highest BCUT2D eigenvalue weighted by Gasteiger charge is 2.44. The van der Waals surface area contributed by atoms with Crippen LogP contribution in [0.3, 0.4) is 0 Å². The molecule has 0 saturated carbocycles. The summed E-state index contributed by atoms with van der Waals surface area (Å²) in [4.78, 5) is 1.48. The van der Waals surface area contributed by atoms with Crippen molar-refractivity contribution in [2.45, 2.75) is 35.4 Å². The molecule has 0 radical (unpaired) electrons. The smallest absolute Gasteiger partial charge is 0.0481 e. The first-order valence-corrected chi connectivity index (χ1v) is 6.13. The molecule has 2 aliphatic heterocycles. The van der Waals surface area contributed by atoms with Crippen LogP contribution in [0.4, 0.5) is 0 Å². The van der Waals surface area contributed by atoms with Gasteiger partial charge in [0.15, 0.2) is 0 Å². The number of hydrogen-bond donors (Lipinski definition) is 1. The lowest BCUT2D eigenvalue weighted by molar-refractivity contribution is 0.346.